The van der Waals surface area contributed by atoms with Gasteiger partial charge in [0.25, 0.3) is 5.79 Å². The third-order valence-electron chi connectivity index (χ3n) is 3.65. The maximum atomic E-state index is 10.1. The molecular weight excluding hydrogens is 296 g/mol. The Morgan fingerprint density at radius 3 is 2.28 bits per heavy atom. The number of benzene rings is 1. The molecule has 1 heterocycles. The van der Waals surface area contributed by atoms with Crippen molar-refractivity contribution in [3.05, 3.63) is 22.2 Å². The summed E-state index contributed by atoms with van der Waals surface area (Å²) >= 11 is 3.49. The zero-order chi connectivity index (χ0) is 13.0. The van der Waals surface area contributed by atoms with E-state index < -0.39 is 11.4 Å². The minimum atomic E-state index is -0.900. The highest BCUT2D eigenvalue weighted by atomic mass is 79.9. The fraction of sp³-hybridized carbons (Fsp3) is 0.571. The van der Waals surface area contributed by atoms with E-state index in [0.717, 1.165) is 47.2 Å². The number of rotatable bonds is 1. The first-order valence-electron chi connectivity index (χ1n) is 6.34. The lowest BCUT2D eigenvalue weighted by Gasteiger charge is -2.21. The van der Waals surface area contributed by atoms with Crippen LogP contribution in [0.25, 0.3) is 0 Å². The van der Waals surface area contributed by atoms with Crippen molar-refractivity contribution >= 4 is 15.9 Å². The smallest absolute Gasteiger partial charge is 0.251 e. The molecule has 18 heavy (non-hydrogen) atoms. The fourth-order valence-corrected chi connectivity index (χ4v) is 3.51. The molecule has 0 saturated heterocycles. The highest BCUT2D eigenvalue weighted by Crippen LogP contribution is 2.49. The van der Waals surface area contributed by atoms with Crippen molar-refractivity contribution in [2.75, 3.05) is 0 Å². The first-order chi connectivity index (χ1) is 8.40. The Morgan fingerprint density at radius 1 is 1.17 bits per heavy atom. The van der Waals surface area contributed by atoms with Crippen molar-refractivity contribution in [3.63, 3.8) is 0 Å². The Morgan fingerprint density at radius 2 is 1.72 bits per heavy atom. The van der Waals surface area contributed by atoms with E-state index in [-0.39, 0.29) is 0 Å². The molecule has 0 radical (unpaired) electrons. The Balaban J connectivity index is 2.00. The summed E-state index contributed by atoms with van der Waals surface area (Å²) in [6.45, 7) is 3.53. The summed E-state index contributed by atoms with van der Waals surface area (Å²) in [6, 6.07) is 3.78. The van der Waals surface area contributed by atoms with Crippen molar-refractivity contribution in [2.45, 2.75) is 50.9 Å². The minimum Gasteiger partial charge on any atom is -0.448 e. The lowest BCUT2D eigenvalue weighted by atomic mass is 9.98. The van der Waals surface area contributed by atoms with Gasteiger partial charge in [-0.3, -0.25) is 0 Å². The molecule has 1 aromatic carbocycles. The van der Waals surface area contributed by atoms with Crippen molar-refractivity contribution in [1.82, 2.24) is 0 Å². The quantitative estimate of drug-likeness (QED) is 0.859. The predicted molar refractivity (Wildman–Crippen MR) is 71.8 cm³/mol. The number of fused-ring (bicyclic) bond motifs is 1. The molecule has 3 rings (SSSR count). The van der Waals surface area contributed by atoms with Gasteiger partial charge in [0.15, 0.2) is 11.5 Å². The number of halogens is 1. The molecule has 0 atom stereocenters. The summed E-state index contributed by atoms with van der Waals surface area (Å²) < 4.78 is 12.8. The van der Waals surface area contributed by atoms with Crippen LogP contribution in [0.5, 0.6) is 11.5 Å². The van der Waals surface area contributed by atoms with Crippen LogP contribution in [0.15, 0.2) is 16.6 Å². The molecule has 1 saturated carbocycles. The third kappa shape index (κ3) is 1.91. The van der Waals surface area contributed by atoms with Gasteiger partial charge in [0, 0.05) is 22.9 Å². The van der Waals surface area contributed by atoms with E-state index >= 15 is 0 Å². The Labute approximate surface area is 115 Å². The van der Waals surface area contributed by atoms with Gasteiger partial charge >= 0.3 is 0 Å². The van der Waals surface area contributed by atoms with Crippen LogP contribution in [-0.2, 0) is 5.60 Å². The maximum Gasteiger partial charge on any atom is 0.251 e. The topological polar surface area (TPSA) is 38.7 Å². The Kier molecular flexibility index (Phi) is 2.65. The molecule has 1 aliphatic carbocycles. The first-order valence-corrected chi connectivity index (χ1v) is 7.13. The molecule has 2 aliphatic rings. The van der Waals surface area contributed by atoms with E-state index in [4.69, 9.17) is 9.47 Å². The second kappa shape index (κ2) is 3.87. The summed E-state index contributed by atoms with van der Waals surface area (Å²) in [5, 5.41) is 10.1. The molecule has 0 aromatic heterocycles. The van der Waals surface area contributed by atoms with E-state index in [2.05, 4.69) is 15.9 Å². The minimum absolute atomic E-state index is 0.444. The molecule has 3 nitrogen and oxygen atoms in total. The van der Waals surface area contributed by atoms with E-state index in [1.54, 1.807) is 13.8 Å². The third-order valence-corrected chi connectivity index (χ3v) is 4.31. The van der Waals surface area contributed by atoms with Crippen LogP contribution in [0.4, 0.5) is 0 Å². The van der Waals surface area contributed by atoms with Gasteiger partial charge in [0.1, 0.15) is 0 Å². The van der Waals surface area contributed by atoms with E-state index in [1.165, 1.54) is 0 Å². The van der Waals surface area contributed by atoms with E-state index in [1.807, 2.05) is 12.1 Å². The number of ether oxygens (including phenoxy) is 2. The Bertz CT molecular complexity index is 485. The second-order valence-electron chi connectivity index (χ2n) is 5.66. The number of hydrogen-bond donors (Lipinski definition) is 1. The molecule has 0 bridgehead atoms. The molecule has 1 N–H and O–H groups in total. The molecular formula is C14H17BrO3. The molecule has 1 aromatic rings. The van der Waals surface area contributed by atoms with Gasteiger partial charge < -0.3 is 14.6 Å². The largest absolute Gasteiger partial charge is 0.448 e. The molecule has 1 fully saturated rings. The van der Waals surface area contributed by atoms with Crippen LogP contribution in [0.2, 0.25) is 0 Å². The van der Waals surface area contributed by atoms with Crippen LogP contribution in [-0.4, -0.2) is 10.9 Å². The van der Waals surface area contributed by atoms with Gasteiger partial charge in [-0.2, -0.15) is 0 Å². The lowest BCUT2D eigenvalue weighted by molar-refractivity contribution is -0.0717. The maximum absolute atomic E-state index is 10.1. The highest BCUT2D eigenvalue weighted by molar-refractivity contribution is 9.10. The summed E-state index contributed by atoms with van der Waals surface area (Å²) in [4.78, 5) is 0. The zero-order valence-corrected chi connectivity index (χ0v) is 12.2. The van der Waals surface area contributed by atoms with Gasteiger partial charge in [0.2, 0.25) is 0 Å². The predicted octanol–water partition coefficient (Wildman–Crippen LogP) is 3.72. The van der Waals surface area contributed by atoms with Crippen LogP contribution >= 0.6 is 15.9 Å². The second-order valence-corrected chi connectivity index (χ2v) is 6.51. The molecule has 98 valence electrons. The number of hydrogen-bond acceptors (Lipinski definition) is 3. The molecule has 4 heteroatoms. The van der Waals surface area contributed by atoms with Crippen LogP contribution in [0.3, 0.4) is 0 Å². The van der Waals surface area contributed by atoms with E-state index in [9.17, 15) is 5.11 Å². The standard InChI is InChI=1S/C14H17BrO3/c1-13(2,16)9-7-11-12(8-10(9)15)18-14(17-11)5-3-4-6-14/h7-8,16H,3-6H2,1-2H3. The average Bonchev–Trinajstić information content (AvgIpc) is 2.82. The molecule has 1 spiro atoms. The van der Waals surface area contributed by atoms with Crippen LogP contribution < -0.4 is 9.47 Å². The van der Waals surface area contributed by atoms with Crippen molar-refractivity contribution in [1.29, 1.82) is 0 Å². The summed E-state index contributed by atoms with van der Waals surface area (Å²) in [6.07, 6.45) is 4.18. The molecule has 0 unspecified atom stereocenters. The monoisotopic (exact) mass is 312 g/mol. The van der Waals surface area contributed by atoms with Crippen LogP contribution in [0, 0.1) is 0 Å². The summed E-state index contributed by atoms with van der Waals surface area (Å²) in [5.41, 5.74) is -0.0808. The van der Waals surface area contributed by atoms with Gasteiger partial charge in [-0.15, -0.1) is 0 Å². The van der Waals surface area contributed by atoms with Gasteiger partial charge in [-0.05, 0) is 38.8 Å². The number of aliphatic hydroxyl groups is 1. The molecule has 0 amide bonds. The van der Waals surface area contributed by atoms with Crippen molar-refractivity contribution in [3.8, 4) is 11.5 Å². The summed E-state index contributed by atoms with van der Waals surface area (Å²) in [7, 11) is 0. The SMILES string of the molecule is CC(C)(O)c1cc2c(cc1Br)OC1(CCCC1)O2. The van der Waals surface area contributed by atoms with Crippen LogP contribution in [0.1, 0.15) is 45.1 Å². The van der Waals surface area contributed by atoms with E-state index in [0.29, 0.717) is 0 Å². The summed E-state index contributed by atoms with van der Waals surface area (Å²) in [5.74, 6) is 1.08. The zero-order valence-electron chi connectivity index (χ0n) is 10.6. The van der Waals surface area contributed by atoms with Gasteiger partial charge in [-0.25, -0.2) is 0 Å². The normalized spacial score (nSPS) is 20.7. The average molecular weight is 313 g/mol. The fourth-order valence-electron chi connectivity index (χ4n) is 2.70. The van der Waals surface area contributed by atoms with Gasteiger partial charge in [0.05, 0.1) is 5.60 Å². The Hall–Kier alpha value is -0.740. The first kappa shape index (κ1) is 12.3. The lowest BCUT2D eigenvalue weighted by Crippen LogP contribution is -2.34. The molecule has 1 aliphatic heterocycles. The van der Waals surface area contributed by atoms with Crippen molar-refractivity contribution in [2.24, 2.45) is 0 Å². The van der Waals surface area contributed by atoms with Crippen molar-refractivity contribution < 1.29 is 14.6 Å². The highest BCUT2D eigenvalue weighted by Gasteiger charge is 2.44. The van der Waals surface area contributed by atoms with Gasteiger partial charge in [-0.1, -0.05) is 15.9 Å².